The summed E-state index contributed by atoms with van der Waals surface area (Å²) in [5, 5.41) is 7.88. The van der Waals surface area contributed by atoms with Gasteiger partial charge in [-0.2, -0.15) is 5.10 Å². The van der Waals surface area contributed by atoms with Gasteiger partial charge in [-0.1, -0.05) is 6.92 Å². The van der Waals surface area contributed by atoms with Gasteiger partial charge in [-0.15, -0.1) is 0 Å². The first-order valence-electron chi connectivity index (χ1n) is 5.34. The van der Waals surface area contributed by atoms with E-state index in [1.54, 1.807) is 0 Å². The lowest BCUT2D eigenvalue weighted by molar-refractivity contribution is 0.548. The van der Waals surface area contributed by atoms with Crippen LogP contribution in [0.4, 0.5) is 0 Å². The molecule has 0 bridgehead atoms. The van der Waals surface area contributed by atoms with Gasteiger partial charge in [0.1, 0.15) is 0 Å². The largest absolute Gasteiger partial charge is 0.307 e. The fourth-order valence-corrected chi connectivity index (χ4v) is 1.91. The molecule has 14 heavy (non-hydrogen) atoms. The molecule has 1 aliphatic rings. The van der Waals surface area contributed by atoms with Gasteiger partial charge in [-0.05, 0) is 26.2 Å². The van der Waals surface area contributed by atoms with E-state index in [4.69, 9.17) is 0 Å². The van der Waals surface area contributed by atoms with E-state index >= 15 is 0 Å². The topological polar surface area (TPSA) is 29.9 Å². The molecule has 1 unspecified atom stereocenters. The molecule has 3 nitrogen and oxygen atoms in total. The van der Waals surface area contributed by atoms with Crippen molar-refractivity contribution in [2.75, 3.05) is 0 Å². The Morgan fingerprint density at radius 3 is 2.71 bits per heavy atom. The number of hydrogen-bond acceptors (Lipinski definition) is 2. The predicted molar refractivity (Wildman–Crippen MR) is 57.1 cm³/mol. The van der Waals surface area contributed by atoms with Crippen LogP contribution in [0.5, 0.6) is 0 Å². The van der Waals surface area contributed by atoms with Crippen molar-refractivity contribution in [1.82, 2.24) is 15.1 Å². The highest BCUT2D eigenvalue weighted by Crippen LogP contribution is 2.31. The first-order valence-corrected chi connectivity index (χ1v) is 5.34. The van der Waals surface area contributed by atoms with Crippen LogP contribution in [-0.4, -0.2) is 15.8 Å². The van der Waals surface area contributed by atoms with Gasteiger partial charge >= 0.3 is 0 Å². The number of nitrogens with zero attached hydrogens (tertiary/aromatic N) is 2. The Kier molecular flexibility index (Phi) is 2.35. The van der Waals surface area contributed by atoms with E-state index in [-0.39, 0.29) is 0 Å². The molecule has 0 aliphatic heterocycles. The van der Waals surface area contributed by atoms with Gasteiger partial charge < -0.3 is 5.32 Å². The molecule has 0 amide bonds. The summed E-state index contributed by atoms with van der Waals surface area (Å²) < 4.78 is 1.93. The second-order valence-electron chi connectivity index (χ2n) is 4.52. The fourth-order valence-electron chi connectivity index (χ4n) is 1.91. The summed E-state index contributed by atoms with van der Waals surface area (Å²) >= 11 is 0. The lowest BCUT2D eigenvalue weighted by atomic mass is 10.1. The molecular weight excluding hydrogens is 174 g/mol. The van der Waals surface area contributed by atoms with Crippen LogP contribution in [0.2, 0.25) is 0 Å². The molecule has 1 N–H and O–H groups in total. The third-order valence-electron chi connectivity index (χ3n) is 3.31. The molecule has 1 fully saturated rings. The molecule has 3 heteroatoms. The Hall–Kier alpha value is -0.830. The van der Waals surface area contributed by atoms with Gasteiger partial charge in [-0.25, -0.2) is 0 Å². The van der Waals surface area contributed by atoms with Crippen molar-refractivity contribution in [3.05, 3.63) is 17.5 Å². The quantitative estimate of drug-likeness (QED) is 0.793. The van der Waals surface area contributed by atoms with Gasteiger partial charge in [0.05, 0.1) is 6.20 Å². The van der Waals surface area contributed by atoms with Crippen LogP contribution in [0.15, 0.2) is 6.20 Å². The van der Waals surface area contributed by atoms with Crippen molar-refractivity contribution in [3.8, 4) is 0 Å². The monoisotopic (exact) mass is 193 g/mol. The van der Waals surface area contributed by atoms with Crippen molar-refractivity contribution >= 4 is 0 Å². The predicted octanol–water partition coefficient (Wildman–Crippen LogP) is 1.79. The molecule has 78 valence electrons. The van der Waals surface area contributed by atoms with Gasteiger partial charge in [0.15, 0.2) is 0 Å². The van der Waals surface area contributed by atoms with Crippen molar-refractivity contribution < 1.29 is 0 Å². The van der Waals surface area contributed by atoms with Gasteiger partial charge in [0.2, 0.25) is 0 Å². The minimum atomic E-state index is 0.429. The summed E-state index contributed by atoms with van der Waals surface area (Å²) in [7, 11) is 1.99. The normalized spacial score (nSPS) is 27.7. The first-order chi connectivity index (χ1) is 6.59. The summed E-state index contributed by atoms with van der Waals surface area (Å²) in [6.45, 7) is 6.63. The van der Waals surface area contributed by atoms with Crippen LogP contribution in [-0.2, 0) is 7.05 Å². The zero-order chi connectivity index (χ0) is 10.3. The minimum Gasteiger partial charge on any atom is -0.307 e. The number of aryl methyl sites for hydroxylation is 1. The first kappa shape index (κ1) is 9.71. The smallest absolute Gasteiger partial charge is 0.0540 e. The minimum absolute atomic E-state index is 0.429. The third-order valence-corrected chi connectivity index (χ3v) is 3.31. The number of aromatic nitrogens is 2. The van der Waals surface area contributed by atoms with Crippen molar-refractivity contribution in [2.24, 2.45) is 13.0 Å². The molecule has 2 rings (SSSR count). The van der Waals surface area contributed by atoms with E-state index in [2.05, 4.69) is 31.2 Å². The second kappa shape index (κ2) is 3.39. The average Bonchev–Trinajstić information content (AvgIpc) is 2.70. The number of nitrogens with one attached hydrogen (secondary N) is 1. The van der Waals surface area contributed by atoms with Crippen molar-refractivity contribution in [1.29, 1.82) is 0 Å². The summed E-state index contributed by atoms with van der Waals surface area (Å²) in [4.78, 5) is 0. The van der Waals surface area contributed by atoms with Crippen LogP contribution in [0.3, 0.4) is 0 Å². The molecule has 0 aromatic carbocycles. The highest BCUT2D eigenvalue weighted by Gasteiger charge is 2.33. The highest BCUT2D eigenvalue weighted by atomic mass is 15.3. The van der Waals surface area contributed by atoms with Crippen LogP contribution < -0.4 is 5.32 Å². The summed E-state index contributed by atoms with van der Waals surface area (Å²) in [5.74, 6) is 0.856. The standard InChI is InChI=1S/C11H19N3/c1-7-5-11(7)13-8(2)10-6-12-14(4)9(10)3/h6-8,11,13H,5H2,1-4H3/t7-,8?,11-/m1/s1. The van der Waals surface area contributed by atoms with Crippen LogP contribution in [0, 0.1) is 12.8 Å². The maximum absolute atomic E-state index is 4.26. The van der Waals surface area contributed by atoms with E-state index in [0.717, 1.165) is 12.0 Å². The molecule has 1 aromatic rings. The van der Waals surface area contributed by atoms with E-state index in [1.807, 2.05) is 17.9 Å². The molecular formula is C11H19N3. The van der Waals surface area contributed by atoms with Crippen LogP contribution in [0.1, 0.15) is 37.6 Å². The molecule has 1 aromatic heterocycles. The van der Waals surface area contributed by atoms with Gasteiger partial charge in [0.25, 0.3) is 0 Å². The van der Waals surface area contributed by atoms with E-state index < -0.39 is 0 Å². The van der Waals surface area contributed by atoms with Crippen LogP contribution >= 0.6 is 0 Å². The zero-order valence-electron chi connectivity index (χ0n) is 9.41. The van der Waals surface area contributed by atoms with Crippen LogP contribution in [0.25, 0.3) is 0 Å². The Morgan fingerprint density at radius 1 is 1.64 bits per heavy atom. The van der Waals surface area contributed by atoms with Crippen molar-refractivity contribution in [3.63, 3.8) is 0 Å². The molecule has 1 heterocycles. The molecule has 0 spiro atoms. The molecule has 0 radical (unpaired) electrons. The number of rotatable bonds is 3. The zero-order valence-corrected chi connectivity index (χ0v) is 9.41. The summed E-state index contributed by atoms with van der Waals surface area (Å²) in [6, 6.07) is 1.16. The number of hydrogen-bond donors (Lipinski definition) is 1. The highest BCUT2D eigenvalue weighted by molar-refractivity contribution is 5.20. The molecule has 1 saturated carbocycles. The SMILES string of the molecule is Cc1c(C(C)N[C@@H]2C[C@H]2C)cnn1C. The average molecular weight is 193 g/mol. The van der Waals surface area contributed by atoms with E-state index in [1.165, 1.54) is 17.7 Å². The Morgan fingerprint density at radius 2 is 2.29 bits per heavy atom. The lowest BCUT2D eigenvalue weighted by Crippen LogP contribution is -2.22. The summed E-state index contributed by atoms with van der Waals surface area (Å²) in [5.41, 5.74) is 2.59. The van der Waals surface area contributed by atoms with Gasteiger partial charge in [-0.3, -0.25) is 4.68 Å². The molecule has 3 atom stereocenters. The maximum atomic E-state index is 4.26. The second-order valence-corrected chi connectivity index (χ2v) is 4.52. The molecule has 1 aliphatic carbocycles. The Balaban J connectivity index is 2.03. The lowest BCUT2D eigenvalue weighted by Gasteiger charge is -2.13. The van der Waals surface area contributed by atoms with Crippen molar-refractivity contribution in [2.45, 2.75) is 39.3 Å². The Bertz CT molecular complexity index is 329. The van der Waals surface area contributed by atoms with Gasteiger partial charge in [0, 0.05) is 30.4 Å². The maximum Gasteiger partial charge on any atom is 0.0540 e. The van der Waals surface area contributed by atoms with E-state index in [0.29, 0.717) is 6.04 Å². The summed E-state index contributed by atoms with van der Waals surface area (Å²) in [6.07, 6.45) is 3.30. The Labute approximate surface area is 85.5 Å². The fraction of sp³-hybridized carbons (Fsp3) is 0.727. The molecule has 0 saturated heterocycles. The third kappa shape index (κ3) is 1.69. The van der Waals surface area contributed by atoms with E-state index in [9.17, 15) is 0 Å².